The molecule has 6 heteroatoms. The summed E-state index contributed by atoms with van der Waals surface area (Å²) in [5.74, 6) is 0.837. The molecule has 1 atom stereocenters. The number of nitrogens with zero attached hydrogens (tertiary/aromatic N) is 3. The highest BCUT2D eigenvalue weighted by Crippen LogP contribution is 2.27. The Morgan fingerprint density at radius 3 is 3.00 bits per heavy atom. The summed E-state index contributed by atoms with van der Waals surface area (Å²) in [5, 5.41) is 12.1. The Bertz CT molecular complexity index is 516. The van der Waals surface area contributed by atoms with Gasteiger partial charge in [-0.15, -0.1) is 0 Å². The minimum atomic E-state index is 0.0960. The van der Waals surface area contributed by atoms with Crippen LogP contribution >= 0.6 is 0 Å². The van der Waals surface area contributed by atoms with Crippen LogP contribution < -0.4 is 10.6 Å². The third-order valence-electron chi connectivity index (χ3n) is 3.82. The Balaban J connectivity index is 2.44. The second-order valence-electron chi connectivity index (χ2n) is 5.22. The van der Waals surface area contributed by atoms with E-state index in [1.807, 2.05) is 18.0 Å². The van der Waals surface area contributed by atoms with E-state index in [0.29, 0.717) is 12.2 Å². The second-order valence-corrected chi connectivity index (χ2v) is 5.22. The highest BCUT2D eigenvalue weighted by atomic mass is 16.5. The molecule has 1 aromatic heterocycles. The lowest BCUT2D eigenvalue weighted by Crippen LogP contribution is -2.35. The molecule has 1 aliphatic carbocycles. The van der Waals surface area contributed by atoms with Crippen LogP contribution in [0.2, 0.25) is 0 Å². The lowest BCUT2D eigenvalue weighted by Gasteiger charge is -2.27. The summed E-state index contributed by atoms with van der Waals surface area (Å²) in [6.07, 6.45) is 3.11. The van der Waals surface area contributed by atoms with Gasteiger partial charge < -0.3 is 20.6 Å². The summed E-state index contributed by atoms with van der Waals surface area (Å²) in [7, 11) is 3.62. The number of aryl methyl sites for hydroxylation is 2. The standard InChI is InChI=1S/C14H22N4O2/c1-9(8-20-3)18(2)14-11(13(15)17-19)7-10-5-4-6-12(10)16-14/h7,9,19H,4-6,8H2,1-3H3,(H2,15,17). The number of amidine groups is 1. The molecule has 0 aromatic carbocycles. The number of hydrogen-bond donors (Lipinski definition) is 2. The van der Waals surface area contributed by atoms with Gasteiger partial charge in [-0.3, -0.25) is 0 Å². The number of aromatic nitrogens is 1. The molecule has 0 spiro atoms. The van der Waals surface area contributed by atoms with Crippen molar-refractivity contribution < 1.29 is 9.94 Å². The number of fused-ring (bicyclic) bond motifs is 1. The van der Waals surface area contributed by atoms with Crippen molar-refractivity contribution >= 4 is 11.7 Å². The maximum Gasteiger partial charge on any atom is 0.173 e. The predicted octanol–water partition coefficient (Wildman–Crippen LogP) is 1.14. The molecule has 1 aliphatic rings. The maximum absolute atomic E-state index is 8.98. The van der Waals surface area contributed by atoms with Crippen molar-refractivity contribution in [1.82, 2.24) is 4.98 Å². The van der Waals surface area contributed by atoms with Gasteiger partial charge in [-0.25, -0.2) is 4.98 Å². The third kappa shape index (κ3) is 2.70. The smallest absolute Gasteiger partial charge is 0.173 e. The monoisotopic (exact) mass is 278 g/mol. The highest BCUT2D eigenvalue weighted by molar-refractivity contribution is 6.01. The number of oxime groups is 1. The van der Waals surface area contributed by atoms with E-state index >= 15 is 0 Å². The van der Waals surface area contributed by atoms with Crippen LogP contribution in [0.3, 0.4) is 0 Å². The SMILES string of the molecule is COCC(C)N(C)c1nc2c(cc1C(N)=NO)CCC2. The number of likely N-dealkylation sites (N-methyl/N-ethyl adjacent to an activating group) is 1. The fourth-order valence-electron chi connectivity index (χ4n) is 2.53. The van der Waals surface area contributed by atoms with Gasteiger partial charge in [-0.1, -0.05) is 5.16 Å². The molecule has 2 rings (SSSR count). The fraction of sp³-hybridized carbons (Fsp3) is 0.571. The van der Waals surface area contributed by atoms with Crippen LogP contribution in [0.1, 0.15) is 30.2 Å². The van der Waals surface area contributed by atoms with Crippen LogP contribution in [0.15, 0.2) is 11.2 Å². The summed E-state index contributed by atoms with van der Waals surface area (Å²) in [4.78, 5) is 6.73. The Morgan fingerprint density at radius 2 is 2.35 bits per heavy atom. The fourth-order valence-corrected chi connectivity index (χ4v) is 2.53. The van der Waals surface area contributed by atoms with Gasteiger partial charge in [0.1, 0.15) is 5.82 Å². The van der Waals surface area contributed by atoms with Crippen molar-refractivity contribution in [2.45, 2.75) is 32.2 Å². The van der Waals surface area contributed by atoms with Crippen LogP contribution in [0, 0.1) is 0 Å². The van der Waals surface area contributed by atoms with Gasteiger partial charge in [-0.2, -0.15) is 0 Å². The molecule has 0 amide bonds. The first-order valence-corrected chi connectivity index (χ1v) is 6.81. The molecule has 0 radical (unpaired) electrons. The lowest BCUT2D eigenvalue weighted by molar-refractivity contribution is 0.183. The van der Waals surface area contributed by atoms with Crippen molar-refractivity contribution in [2.75, 3.05) is 25.7 Å². The van der Waals surface area contributed by atoms with Crippen molar-refractivity contribution in [2.24, 2.45) is 10.9 Å². The van der Waals surface area contributed by atoms with Gasteiger partial charge in [0.15, 0.2) is 5.84 Å². The number of nitrogens with two attached hydrogens (primary N) is 1. The molecule has 0 bridgehead atoms. The summed E-state index contributed by atoms with van der Waals surface area (Å²) in [6.45, 7) is 2.64. The molecular weight excluding hydrogens is 256 g/mol. The van der Waals surface area contributed by atoms with Crippen molar-refractivity contribution in [3.8, 4) is 0 Å². The van der Waals surface area contributed by atoms with Gasteiger partial charge in [0.25, 0.3) is 0 Å². The lowest BCUT2D eigenvalue weighted by atomic mass is 10.1. The predicted molar refractivity (Wildman–Crippen MR) is 78.5 cm³/mol. The third-order valence-corrected chi connectivity index (χ3v) is 3.82. The average molecular weight is 278 g/mol. The van der Waals surface area contributed by atoms with Gasteiger partial charge in [-0.05, 0) is 37.8 Å². The van der Waals surface area contributed by atoms with Gasteiger partial charge in [0, 0.05) is 19.9 Å². The van der Waals surface area contributed by atoms with E-state index in [0.717, 1.165) is 30.8 Å². The first-order chi connectivity index (χ1) is 9.58. The molecule has 3 N–H and O–H groups in total. The normalized spacial score (nSPS) is 16.1. The van der Waals surface area contributed by atoms with E-state index < -0.39 is 0 Å². The zero-order valence-electron chi connectivity index (χ0n) is 12.3. The van der Waals surface area contributed by atoms with E-state index in [1.54, 1.807) is 7.11 Å². The van der Waals surface area contributed by atoms with Crippen LogP contribution in [-0.2, 0) is 17.6 Å². The Kier molecular flexibility index (Phi) is 4.44. The molecule has 0 fully saturated rings. The second kappa shape index (κ2) is 6.09. The molecular formula is C14H22N4O2. The topological polar surface area (TPSA) is 84.0 Å². The Labute approximate surface area is 119 Å². The maximum atomic E-state index is 8.98. The number of rotatable bonds is 5. The van der Waals surface area contributed by atoms with Crippen LogP contribution in [0.5, 0.6) is 0 Å². The zero-order valence-corrected chi connectivity index (χ0v) is 12.3. The highest BCUT2D eigenvalue weighted by Gasteiger charge is 2.22. The molecule has 0 saturated carbocycles. The molecule has 20 heavy (non-hydrogen) atoms. The Hall–Kier alpha value is -1.82. The van der Waals surface area contributed by atoms with Gasteiger partial charge in [0.2, 0.25) is 0 Å². The summed E-state index contributed by atoms with van der Waals surface area (Å²) in [5.41, 5.74) is 8.80. The molecule has 6 nitrogen and oxygen atoms in total. The van der Waals surface area contributed by atoms with E-state index in [1.165, 1.54) is 5.56 Å². The summed E-state index contributed by atoms with van der Waals surface area (Å²) < 4.78 is 5.19. The number of ether oxygens (including phenoxy) is 1. The van der Waals surface area contributed by atoms with Crippen molar-refractivity contribution in [3.63, 3.8) is 0 Å². The van der Waals surface area contributed by atoms with Crippen LogP contribution in [-0.4, -0.2) is 42.8 Å². The van der Waals surface area contributed by atoms with E-state index in [9.17, 15) is 0 Å². The van der Waals surface area contributed by atoms with Crippen LogP contribution in [0.4, 0.5) is 5.82 Å². The molecule has 1 heterocycles. The van der Waals surface area contributed by atoms with Crippen molar-refractivity contribution in [1.29, 1.82) is 0 Å². The van der Waals surface area contributed by atoms with Gasteiger partial charge in [0.05, 0.1) is 18.2 Å². The number of hydrogen-bond acceptors (Lipinski definition) is 5. The number of pyridine rings is 1. The number of methoxy groups -OCH3 is 1. The zero-order chi connectivity index (χ0) is 14.7. The number of anilines is 1. The quantitative estimate of drug-likeness (QED) is 0.365. The van der Waals surface area contributed by atoms with E-state index in [4.69, 9.17) is 20.7 Å². The summed E-state index contributed by atoms with van der Waals surface area (Å²) in [6, 6.07) is 2.15. The molecule has 1 aromatic rings. The van der Waals surface area contributed by atoms with Crippen LogP contribution in [0.25, 0.3) is 0 Å². The summed E-state index contributed by atoms with van der Waals surface area (Å²) >= 11 is 0. The first-order valence-electron chi connectivity index (χ1n) is 6.81. The molecule has 0 saturated heterocycles. The largest absolute Gasteiger partial charge is 0.409 e. The van der Waals surface area contributed by atoms with Crippen molar-refractivity contribution in [3.05, 3.63) is 22.9 Å². The molecule has 0 aliphatic heterocycles. The average Bonchev–Trinajstić information content (AvgIpc) is 2.91. The Morgan fingerprint density at radius 1 is 1.60 bits per heavy atom. The first kappa shape index (κ1) is 14.6. The molecule has 110 valence electrons. The molecule has 1 unspecified atom stereocenters. The van der Waals surface area contributed by atoms with Gasteiger partial charge >= 0.3 is 0 Å². The van der Waals surface area contributed by atoms with E-state index in [-0.39, 0.29) is 11.9 Å². The minimum Gasteiger partial charge on any atom is -0.409 e. The minimum absolute atomic E-state index is 0.0960. The van der Waals surface area contributed by atoms with E-state index in [2.05, 4.69) is 12.1 Å².